The van der Waals surface area contributed by atoms with E-state index in [0.29, 0.717) is 12.0 Å². The molecular weight excluding hydrogens is 240 g/mol. The van der Waals surface area contributed by atoms with Gasteiger partial charge in [0.15, 0.2) is 0 Å². The molecule has 0 saturated heterocycles. The fourth-order valence-electron chi connectivity index (χ4n) is 2.08. The summed E-state index contributed by atoms with van der Waals surface area (Å²) in [6.07, 6.45) is 4.77. The molecule has 1 N–H and O–H groups in total. The lowest BCUT2D eigenvalue weighted by Crippen LogP contribution is -2.34. The molecule has 1 aromatic rings. The van der Waals surface area contributed by atoms with E-state index in [1.807, 2.05) is 4.68 Å². The fraction of sp³-hybridized carbons (Fsp3) is 0.857. The summed E-state index contributed by atoms with van der Waals surface area (Å²) in [4.78, 5) is 4.36. The van der Waals surface area contributed by atoms with Gasteiger partial charge in [-0.25, -0.2) is 9.67 Å². The molecule has 0 amide bonds. The average molecular weight is 268 g/mol. The van der Waals surface area contributed by atoms with Crippen LogP contribution in [-0.4, -0.2) is 41.1 Å². The minimum atomic E-state index is 0.397. The van der Waals surface area contributed by atoms with Gasteiger partial charge in [-0.05, 0) is 25.3 Å². The van der Waals surface area contributed by atoms with Crippen LogP contribution >= 0.6 is 0 Å². The van der Waals surface area contributed by atoms with Gasteiger partial charge in [-0.15, -0.1) is 0 Å². The molecule has 19 heavy (non-hydrogen) atoms. The van der Waals surface area contributed by atoms with E-state index in [4.69, 9.17) is 4.74 Å². The summed E-state index contributed by atoms with van der Waals surface area (Å²) in [5.41, 5.74) is 0. The smallest absolute Gasteiger partial charge is 0.138 e. The molecule has 1 atom stereocenters. The highest BCUT2D eigenvalue weighted by Crippen LogP contribution is 2.06. The van der Waals surface area contributed by atoms with Gasteiger partial charge in [0.1, 0.15) is 12.2 Å². The summed E-state index contributed by atoms with van der Waals surface area (Å²) in [6.45, 7) is 9.29. The molecule has 0 fully saturated rings. The van der Waals surface area contributed by atoms with E-state index in [2.05, 4.69) is 36.2 Å². The van der Waals surface area contributed by atoms with Gasteiger partial charge in [-0.1, -0.05) is 20.8 Å². The van der Waals surface area contributed by atoms with Crippen molar-refractivity contribution in [2.45, 2.75) is 52.6 Å². The van der Waals surface area contributed by atoms with Crippen LogP contribution in [0.4, 0.5) is 0 Å². The summed E-state index contributed by atoms with van der Waals surface area (Å²) >= 11 is 0. The Morgan fingerprint density at radius 3 is 2.84 bits per heavy atom. The van der Waals surface area contributed by atoms with Crippen LogP contribution in [-0.2, 0) is 17.7 Å². The Bertz CT molecular complexity index is 338. The monoisotopic (exact) mass is 268 g/mol. The number of aromatic nitrogens is 3. The first-order chi connectivity index (χ1) is 9.17. The van der Waals surface area contributed by atoms with E-state index < -0.39 is 0 Å². The number of nitrogens with one attached hydrogen (secondary N) is 1. The van der Waals surface area contributed by atoms with E-state index in [1.165, 1.54) is 0 Å². The molecule has 0 radical (unpaired) electrons. The third-order valence-electron chi connectivity index (χ3n) is 3.00. The third-order valence-corrected chi connectivity index (χ3v) is 3.00. The standard InChI is InChI=1S/C14H28N4O/c1-5-8-15-13(10-19-4)6-7-14-16-11-17-18(14)9-12(2)3/h11-13,15H,5-10H2,1-4H3. The van der Waals surface area contributed by atoms with Crippen molar-refractivity contribution in [1.82, 2.24) is 20.1 Å². The molecular formula is C14H28N4O. The number of ether oxygens (including phenoxy) is 1. The number of nitrogens with zero attached hydrogens (tertiary/aromatic N) is 3. The first-order valence-electron chi connectivity index (χ1n) is 7.26. The summed E-state index contributed by atoms with van der Waals surface area (Å²) in [5, 5.41) is 7.81. The van der Waals surface area contributed by atoms with Crippen molar-refractivity contribution in [3.8, 4) is 0 Å². The highest BCUT2D eigenvalue weighted by atomic mass is 16.5. The van der Waals surface area contributed by atoms with Gasteiger partial charge in [0.25, 0.3) is 0 Å². The first kappa shape index (κ1) is 16.1. The molecule has 1 rings (SSSR count). The SMILES string of the molecule is CCCNC(CCc1ncnn1CC(C)C)COC. The average Bonchev–Trinajstić information content (AvgIpc) is 2.79. The predicted molar refractivity (Wildman–Crippen MR) is 77.1 cm³/mol. The minimum absolute atomic E-state index is 0.397. The molecule has 1 heterocycles. The van der Waals surface area contributed by atoms with Crippen molar-refractivity contribution in [1.29, 1.82) is 0 Å². The summed E-state index contributed by atoms with van der Waals surface area (Å²) in [7, 11) is 1.75. The first-order valence-corrected chi connectivity index (χ1v) is 7.26. The Balaban J connectivity index is 2.46. The van der Waals surface area contributed by atoms with Gasteiger partial charge < -0.3 is 10.1 Å². The lowest BCUT2D eigenvalue weighted by atomic mass is 10.1. The zero-order valence-corrected chi connectivity index (χ0v) is 12.7. The van der Waals surface area contributed by atoms with Crippen LogP contribution < -0.4 is 5.32 Å². The van der Waals surface area contributed by atoms with Crippen molar-refractivity contribution in [3.05, 3.63) is 12.2 Å². The molecule has 0 spiro atoms. The van der Waals surface area contributed by atoms with Gasteiger partial charge >= 0.3 is 0 Å². The van der Waals surface area contributed by atoms with Crippen LogP contribution in [0.25, 0.3) is 0 Å². The molecule has 1 aromatic heterocycles. The van der Waals surface area contributed by atoms with Gasteiger partial charge in [-0.2, -0.15) is 5.10 Å². The molecule has 0 aliphatic carbocycles. The molecule has 0 saturated carbocycles. The molecule has 5 nitrogen and oxygen atoms in total. The zero-order chi connectivity index (χ0) is 14.1. The van der Waals surface area contributed by atoms with Crippen LogP contribution in [0.15, 0.2) is 6.33 Å². The molecule has 110 valence electrons. The minimum Gasteiger partial charge on any atom is -0.383 e. The van der Waals surface area contributed by atoms with Crippen molar-refractivity contribution in [2.75, 3.05) is 20.3 Å². The van der Waals surface area contributed by atoms with E-state index in [9.17, 15) is 0 Å². The van der Waals surface area contributed by atoms with E-state index in [0.717, 1.165) is 44.8 Å². The summed E-state index contributed by atoms with van der Waals surface area (Å²) < 4.78 is 7.28. The van der Waals surface area contributed by atoms with E-state index in [1.54, 1.807) is 13.4 Å². The van der Waals surface area contributed by atoms with Crippen molar-refractivity contribution < 1.29 is 4.74 Å². The number of rotatable bonds is 10. The second-order valence-corrected chi connectivity index (χ2v) is 5.40. The quantitative estimate of drug-likeness (QED) is 0.704. The van der Waals surface area contributed by atoms with Gasteiger partial charge in [0.2, 0.25) is 0 Å². The number of hydrogen-bond acceptors (Lipinski definition) is 4. The Morgan fingerprint density at radius 2 is 2.21 bits per heavy atom. The molecule has 5 heteroatoms. The van der Waals surface area contributed by atoms with E-state index >= 15 is 0 Å². The second kappa shape index (κ2) is 9.04. The number of hydrogen-bond donors (Lipinski definition) is 1. The Hall–Kier alpha value is -0.940. The maximum Gasteiger partial charge on any atom is 0.138 e. The van der Waals surface area contributed by atoms with Gasteiger partial charge in [-0.3, -0.25) is 0 Å². The van der Waals surface area contributed by atoms with Crippen molar-refractivity contribution >= 4 is 0 Å². The summed E-state index contributed by atoms with van der Waals surface area (Å²) in [5.74, 6) is 1.67. The summed E-state index contributed by atoms with van der Waals surface area (Å²) in [6, 6.07) is 0.397. The van der Waals surface area contributed by atoms with E-state index in [-0.39, 0.29) is 0 Å². The molecule has 0 aliphatic heterocycles. The van der Waals surface area contributed by atoms with Crippen LogP contribution in [0.1, 0.15) is 39.4 Å². The van der Waals surface area contributed by atoms with Gasteiger partial charge in [0, 0.05) is 26.1 Å². The number of aryl methyl sites for hydroxylation is 1. The maximum absolute atomic E-state index is 5.26. The normalized spacial score (nSPS) is 13.1. The van der Waals surface area contributed by atoms with Crippen LogP contribution in [0.3, 0.4) is 0 Å². The predicted octanol–water partition coefficient (Wildman–Crippen LogP) is 1.88. The third kappa shape index (κ3) is 6.16. The second-order valence-electron chi connectivity index (χ2n) is 5.40. The Kier molecular flexibility index (Phi) is 7.67. The van der Waals surface area contributed by atoms with Gasteiger partial charge in [0.05, 0.1) is 6.61 Å². The largest absolute Gasteiger partial charge is 0.383 e. The topological polar surface area (TPSA) is 52.0 Å². The van der Waals surface area contributed by atoms with Crippen LogP contribution in [0.5, 0.6) is 0 Å². The lowest BCUT2D eigenvalue weighted by molar-refractivity contribution is 0.162. The molecule has 0 aromatic carbocycles. The zero-order valence-electron chi connectivity index (χ0n) is 12.7. The van der Waals surface area contributed by atoms with Crippen molar-refractivity contribution in [2.24, 2.45) is 5.92 Å². The Labute approximate surface area is 116 Å². The highest BCUT2D eigenvalue weighted by Gasteiger charge is 2.11. The molecule has 0 bridgehead atoms. The Morgan fingerprint density at radius 1 is 1.42 bits per heavy atom. The maximum atomic E-state index is 5.26. The van der Waals surface area contributed by atoms with Crippen LogP contribution in [0.2, 0.25) is 0 Å². The van der Waals surface area contributed by atoms with Crippen LogP contribution in [0, 0.1) is 5.92 Å². The number of methoxy groups -OCH3 is 1. The van der Waals surface area contributed by atoms with Crippen molar-refractivity contribution in [3.63, 3.8) is 0 Å². The lowest BCUT2D eigenvalue weighted by Gasteiger charge is -2.17. The fourth-order valence-corrected chi connectivity index (χ4v) is 2.08. The highest BCUT2D eigenvalue weighted by molar-refractivity contribution is 4.87. The molecule has 1 unspecified atom stereocenters. The molecule has 0 aliphatic rings.